The van der Waals surface area contributed by atoms with Crippen LogP contribution >= 0.6 is 0 Å². The second kappa shape index (κ2) is 7.71. The van der Waals surface area contributed by atoms with Crippen molar-refractivity contribution in [3.05, 3.63) is 107 Å². The summed E-state index contributed by atoms with van der Waals surface area (Å²) in [4.78, 5) is 4.69. The van der Waals surface area contributed by atoms with Crippen molar-refractivity contribution in [1.29, 1.82) is 0 Å². The number of aliphatic imine (C=N–C) groups is 1. The summed E-state index contributed by atoms with van der Waals surface area (Å²) >= 11 is 0. The summed E-state index contributed by atoms with van der Waals surface area (Å²) in [6, 6.07) is 27.5. The van der Waals surface area contributed by atoms with E-state index in [2.05, 4.69) is 4.99 Å². The largest absolute Gasteiger partial charge is 0.386 e. The minimum absolute atomic E-state index is 0.339. The minimum Gasteiger partial charge on any atom is -0.386 e. The summed E-state index contributed by atoms with van der Waals surface area (Å²) in [5, 5.41) is 10.9. The minimum atomic E-state index is -0.687. The van der Waals surface area contributed by atoms with Gasteiger partial charge in [0.1, 0.15) is 12.1 Å². The first kappa shape index (κ1) is 16.2. The summed E-state index contributed by atoms with van der Waals surface area (Å²) in [6.45, 7) is 2.04. The fraction of sp³-hybridized carbons (Fsp3) is 0.136. The van der Waals surface area contributed by atoms with E-state index in [0.717, 1.165) is 16.7 Å². The molecule has 0 bridgehead atoms. The second-order valence-corrected chi connectivity index (χ2v) is 5.90. The van der Waals surface area contributed by atoms with E-state index >= 15 is 0 Å². The molecule has 2 heteroatoms. The van der Waals surface area contributed by atoms with E-state index in [4.69, 9.17) is 0 Å². The highest BCUT2D eigenvalue weighted by Crippen LogP contribution is 2.32. The molecule has 1 N–H and O–H groups in total. The van der Waals surface area contributed by atoms with Crippen LogP contribution in [0.5, 0.6) is 0 Å². The van der Waals surface area contributed by atoms with Gasteiger partial charge in [0, 0.05) is 6.21 Å². The number of aliphatic hydroxyl groups is 1. The maximum Gasteiger partial charge on any atom is 0.105 e. The molecule has 0 amide bonds. The van der Waals surface area contributed by atoms with Crippen molar-refractivity contribution in [2.45, 2.75) is 19.1 Å². The number of rotatable bonds is 5. The van der Waals surface area contributed by atoms with Gasteiger partial charge < -0.3 is 5.11 Å². The third kappa shape index (κ3) is 3.98. The zero-order chi connectivity index (χ0) is 16.8. The number of benzene rings is 3. The van der Waals surface area contributed by atoms with Gasteiger partial charge in [-0.15, -0.1) is 0 Å². The zero-order valence-corrected chi connectivity index (χ0v) is 13.7. The Kier molecular flexibility index (Phi) is 5.19. The highest BCUT2D eigenvalue weighted by molar-refractivity contribution is 5.79. The predicted molar refractivity (Wildman–Crippen MR) is 99.4 cm³/mol. The second-order valence-electron chi connectivity index (χ2n) is 5.90. The van der Waals surface area contributed by atoms with Crippen LogP contribution < -0.4 is 0 Å². The van der Waals surface area contributed by atoms with Crippen molar-refractivity contribution in [2.75, 3.05) is 0 Å². The molecular weight excluding hydrogens is 294 g/mol. The Morgan fingerprint density at radius 3 is 1.96 bits per heavy atom. The van der Waals surface area contributed by atoms with Gasteiger partial charge in [0.2, 0.25) is 0 Å². The van der Waals surface area contributed by atoms with Gasteiger partial charge >= 0.3 is 0 Å². The Hall–Kier alpha value is -2.71. The molecule has 0 saturated heterocycles. The standard InChI is InChI=1S/C22H21NO/c1-17-12-14-20(15-13-17)22(24)21(19-10-6-3-7-11-19)23-16-18-8-4-2-5-9-18/h2-16,21-22,24H,1H3/t21-,22-/m0/s1. The first-order valence-electron chi connectivity index (χ1n) is 8.12. The van der Waals surface area contributed by atoms with Crippen LogP contribution in [0.25, 0.3) is 0 Å². The van der Waals surface area contributed by atoms with Gasteiger partial charge in [-0.1, -0.05) is 90.5 Å². The number of aryl methyl sites for hydroxylation is 1. The van der Waals surface area contributed by atoms with Gasteiger partial charge in [-0.05, 0) is 23.6 Å². The maximum atomic E-state index is 10.9. The average molecular weight is 315 g/mol. The van der Waals surface area contributed by atoms with Crippen LogP contribution in [-0.2, 0) is 0 Å². The molecule has 3 rings (SSSR count). The van der Waals surface area contributed by atoms with Crippen molar-refractivity contribution < 1.29 is 5.11 Å². The predicted octanol–water partition coefficient (Wildman–Crippen LogP) is 4.89. The lowest BCUT2D eigenvalue weighted by Crippen LogP contribution is -2.09. The first-order valence-corrected chi connectivity index (χ1v) is 8.12. The summed E-state index contributed by atoms with van der Waals surface area (Å²) in [7, 11) is 0. The van der Waals surface area contributed by atoms with Crippen LogP contribution in [0.3, 0.4) is 0 Å². The molecule has 120 valence electrons. The van der Waals surface area contributed by atoms with Gasteiger partial charge in [0.25, 0.3) is 0 Å². The fourth-order valence-electron chi connectivity index (χ4n) is 2.65. The summed E-state index contributed by atoms with van der Waals surface area (Å²) in [6.07, 6.45) is 1.14. The normalized spacial score (nSPS) is 13.8. The molecule has 0 unspecified atom stereocenters. The van der Waals surface area contributed by atoms with E-state index in [0.29, 0.717) is 0 Å². The van der Waals surface area contributed by atoms with Crippen molar-refractivity contribution in [3.63, 3.8) is 0 Å². The lowest BCUT2D eigenvalue weighted by molar-refractivity contribution is 0.148. The molecule has 0 aliphatic heterocycles. The van der Waals surface area contributed by atoms with Crippen molar-refractivity contribution in [3.8, 4) is 0 Å². The quantitative estimate of drug-likeness (QED) is 0.668. The molecule has 0 aromatic heterocycles. The molecule has 24 heavy (non-hydrogen) atoms. The van der Waals surface area contributed by atoms with Crippen LogP contribution in [-0.4, -0.2) is 11.3 Å². The maximum absolute atomic E-state index is 10.9. The van der Waals surface area contributed by atoms with Crippen molar-refractivity contribution >= 4 is 6.21 Å². The lowest BCUT2D eigenvalue weighted by Gasteiger charge is -2.20. The third-order valence-electron chi connectivity index (χ3n) is 4.04. The Bertz CT molecular complexity index is 779. The molecule has 0 fully saturated rings. The smallest absolute Gasteiger partial charge is 0.105 e. The summed E-state index contributed by atoms with van der Waals surface area (Å²) < 4.78 is 0. The van der Waals surface area contributed by atoms with Gasteiger partial charge in [-0.2, -0.15) is 0 Å². The van der Waals surface area contributed by atoms with E-state index in [1.54, 1.807) is 0 Å². The average Bonchev–Trinajstić information content (AvgIpc) is 2.64. The molecule has 3 aromatic rings. The summed E-state index contributed by atoms with van der Waals surface area (Å²) in [5.41, 5.74) is 4.07. The van der Waals surface area contributed by atoms with Crippen LogP contribution in [0.15, 0.2) is 89.9 Å². The van der Waals surface area contributed by atoms with Crippen LogP contribution in [0.1, 0.15) is 34.4 Å². The molecule has 2 nitrogen and oxygen atoms in total. The van der Waals surface area contributed by atoms with E-state index < -0.39 is 6.10 Å². The molecule has 0 aliphatic rings. The SMILES string of the molecule is Cc1ccc([C@H](O)[C@@H](N=Cc2ccccc2)c2ccccc2)cc1. The lowest BCUT2D eigenvalue weighted by atomic mass is 9.95. The van der Waals surface area contributed by atoms with Gasteiger partial charge in [-0.25, -0.2) is 0 Å². The molecule has 0 spiro atoms. The number of nitrogens with zero attached hydrogens (tertiary/aromatic N) is 1. The number of hydrogen-bond donors (Lipinski definition) is 1. The molecule has 2 atom stereocenters. The van der Waals surface area contributed by atoms with E-state index in [9.17, 15) is 5.11 Å². The highest BCUT2D eigenvalue weighted by atomic mass is 16.3. The van der Waals surface area contributed by atoms with E-state index in [-0.39, 0.29) is 6.04 Å². The fourth-order valence-corrected chi connectivity index (χ4v) is 2.65. The monoisotopic (exact) mass is 315 g/mol. The molecular formula is C22H21NO. The van der Waals surface area contributed by atoms with Gasteiger partial charge in [0.15, 0.2) is 0 Å². The Balaban J connectivity index is 1.93. The molecule has 3 aromatic carbocycles. The Labute approximate surface area is 143 Å². The zero-order valence-electron chi connectivity index (χ0n) is 13.7. The molecule has 0 saturated carbocycles. The molecule has 0 radical (unpaired) electrons. The Morgan fingerprint density at radius 2 is 1.33 bits per heavy atom. The highest BCUT2D eigenvalue weighted by Gasteiger charge is 2.21. The van der Waals surface area contributed by atoms with Crippen LogP contribution in [0, 0.1) is 6.92 Å². The van der Waals surface area contributed by atoms with Gasteiger partial charge in [-0.3, -0.25) is 4.99 Å². The number of hydrogen-bond acceptors (Lipinski definition) is 2. The van der Waals surface area contributed by atoms with Crippen LogP contribution in [0.2, 0.25) is 0 Å². The van der Waals surface area contributed by atoms with Crippen molar-refractivity contribution in [2.24, 2.45) is 4.99 Å². The van der Waals surface area contributed by atoms with Crippen LogP contribution in [0.4, 0.5) is 0 Å². The number of aliphatic hydroxyl groups excluding tert-OH is 1. The van der Waals surface area contributed by atoms with E-state index in [1.807, 2.05) is 98.1 Å². The molecule has 0 heterocycles. The Morgan fingerprint density at radius 1 is 0.750 bits per heavy atom. The van der Waals surface area contributed by atoms with Gasteiger partial charge in [0.05, 0.1) is 0 Å². The molecule has 0 aliphatic carbocycles. The van der Waals surface area contributed by atoms with Crippen molar-refractivity contribution in [1.82, 2.24) is 0 Å². The first-order chi connectivity index (χ1) is 11.7. The summed E-state index contributed by atoms with van der Waals surface area (Å²) in [5.74, 6) is 0. The third-order valence-corrected chi connectivity index (χ3v) is 4.04. The van der Waals surface area contributed by atoms with E-state index in [1.165, 1.54) is 5.56 Å². The topological polar surface area (TPSA) is 32.6 Å².